The van der Waals surface area contributed by atoms with E-state index in [-0.39, 0.29) is 0 Å². The molecule has 1 amide bonds. The number of hydrogen-bond acceptors (Lipinski definition) is 3. The molecular weight excluding hydrogens is 240 g/mol. The Morgan fingerprint density at radius 2 is 1.84 bits per heavy atom. The van der Waals surface area contributed by atoms with Gasteiger partial charge in [-0.25, -0.2) is 5.48 Å². The number of amides is 1. The van der Waals surface area contributed by atoms with Crippen molar-refractivity contribution in [3.63, 3.8) is 0 Å². The van der Waals surface area contributed by atoms with Gasteiger partial charge in [0.05, 0.1) is 11.4 Å². The van der Waals surface area contributed by atoms with Gasteiger partial charge in [0.15, 0.2) is 0 Å². The molecule has 1 aliphatic rings. The topological polar surface area (TPSA) is 61.7 Å². The van der Waals surface area contributed by atoms with Crippen LogP contribution in [-0.4, -0.2) is 16.8 Å². The SMILES string of the molecule is O=C(NO)c1ccc(C2=Nc3ccccc3C2)cc1. The lowest BCUT2D eigenvalue weighted by Crippen LogP contribution is -2.18. The average molecular weight is 252 g/mol. The van der Waals surface area contributed by atoms with E-state index in [9.17, 15) is 4.79 Å². The summed E-state index contributed by atoms with van der Waals surface area (Å²) in [5.41, 5.74) is 6.25. The third kappa shape index (κ3) is 2.13. The molecule has 0 saturated heterocycles. The normalized spacial score (nSPS) is 12.8. The van der Waals surface area contributed by atoms with Crippen LogP contribution in [0.1, 0.15) is 21.5 Å². The van der Waals surface area contributed by atoms with Gasteiger partial charge >= 0.3 is 0 Å². The molecule has 0 unspecified atom stereocenters. The molecule has 0 atom stereocenters. The van der Waals surface area contributed by atoms with Gasteiger partial charge < -0.3 is 0 Å². The van der Waals surface area contributed by atoms with Crippen molar-refractivity contribution in [1.82, 2.24) is 5.48 Å². The van der Waals surface area contributed by atoms with Crippen molar-refractivity contribution in [2.24, 2.45) is 4.99 Å². The van der Waals surface area contributed by atoms with Crippen LogP contribution in [0, 0.1) is 0 Å². The van der Waals surface area contributed by atoms with Gasteiger partial charge in [-0.05, 0) is 29.3 Å². The first-order valence-electron chi connectivity index (χ1n) is 5.98. The monoisotopic (exact) mass is 252 g/mol. The number of carbonyl (C=O) groups is 1. The number of para-hydroxylation sites is 1. The number of benzene rings is 2. The van der Waals surface area contributed by atoms with E-state index in [1.807, 2.05) is 30.3 Å². The number of carbonyl (C=O) groups excluding carboxylic acids is 1. The lowest BCUT2D eigenvalue weighted by molar-refractivity contribution is 0.0706. The summed E-state index contributed by atoms with van der Waals surface area (Å²) in [4.78, 5) is 15.8. The maximum atomic E-state index is 11.2. The number of nitrogens with zero attached hydrogens (tertiary/aromatic N) is 1. The molecule has 1 heterocycles. The fraction of sp³-hybridized carbons (Fsp3) is 0.0667. The van der Waals surface area contributed by atoms with Crippen molar-refractivity contribution in [1.29, 1.82) is 0 Å². The molecular formula is C15H12N2O2. The summed E-state index contributed by atoms with van der Waals surface area (Å²) in [5.74, 6) is -0.511. The molecule has 0 aromatic heterocycles. The first kappa shape index (κ1) is 11.6. The Morgan fingerprint density at radius 3 is 2.53 bits per heavy atom. The lowest BCUT2D eigenvalue weighted by atomic mass is 10.0. The van der Waals surface area contributed by atoms with E-state index in [4.69, 9.17) is 5.21 Å². The molecule has 1 aliphatic heterocycles. The highest BCUT2D eigenvalue weighted by molar-refractivity contribution is 6.07. The summed E-state index contributed by atoms with van der Waals surface area (Å²) in [6.07, 6.45) is 0.807. The molecule has 4 nitrogen and oxygen atoms in total. The third-order valence-corrected chi connectivity index (χ3v) is 3.19. The number of rotatable bonds is 2. The van der Waals surface area contributed by atoms with E-state index in [1.165, 1.54) is 5.56 Å². The zero-order valence-electron chi connectivity index (χ0n) is 10.1. The van der Waals surface area contributed by atoms with Crippen LogP contribution in [0.15, 0.2) is 53.5 Å². The van der Waals surface area contributed by atoms with Crippen LogP contribution in [0.2, 0.25) is 0 Å². The van der Waals surface area contributed by atoms with E-state index >= 15 is 0 Å². The summed E-state index contributed by atoms with van der Waals surface area (Å²) < 4.78 is 0. The van der Waals surface area contributed by atoms with Gasteiger partial charge in [-0.2, -0.15) is 0 Å². The van der Waals surface area contributed by atoms with Crippen molar-refractivity contribution in [2.45, 2.75) is 6.42 Å². The van der Waals surface area contributed by atoms with Gasteiger partial charge in [0, 0.05) is 12.0 Å². The number of fused-ring (bicyclic) bond motifs is 1. The molecule has 0 fully saturated rings. The summed E-state index contributed by atoms with van der Waals surface area (Å²) in [7, 11) is 0. The zero-order chi connectivity index (χ0) is 13.2. The van der Waals surface area contributed by atoms with Gasteiger partial charge in [0.25, 0.3) is 5.91 Å². The molecule has 19 heavy (non-hydrogen) atoms. The maximum absolute atomic E-state index is 11.2. The van der Waals surface area contributed by atoms with Crippen LogP contribution in [0.5, 0.6) is 0 Å². The molecule has 2 N–H and O–H groups in total. The Kier molecular flexibility index (Phi) is 2.85. The molecule has 2 aromatic carbocycles. The predicted molar refractivity (Wildman–Crippen MR) is 72.0 cm³/mol. The number of aliphatic imine (C=N–C) groups is 1. The first-order chi connectivity index (χ1) is 9.28. The predicted octanol–water partition coefficient (Wildman–Crippen LogP) is 2.48. The molecule has 3 rings (SSSR count). The highest BCUT2D eigenvalue weighted by Crippen LogP contribution is 2.28. The molecule has 0 radical (unpaired) electrons. The summed E-state index contributed by atoms with van der Waals surface area (Å²) >= 11 is 0. The van der Waals surface area contributed by atoms with Crippen LogP contribution in [0.4, 0.5) is 5.69 Å². The molecule has 4 heteroatoms. The van der Waals surface area contributed by atoms with Crippen LogP contribution >= 0.6 is 0 Å². The highest BCUT2D eigenvalue weighted by Gasteiger charge is 2.15. The van der Waals surface area contributed by atoms with Gasteiger partial charge in [0.2, 0.25) is 0 Å². The number of hydroxylamine groups is 1. The van der Waals surface area contributed by atoms with E-state index in [0.717, 1.165) is 23.4 Å². The van der Waals surface area contributed by atoms with Gasteiger partial charge in [0.1, 0.15) is 0 Å². The largest absolute Gasteiger partial charge is 0.288 e. The zero-order valence-corrected chi connectivity index (χ0v) is 10.1. The summed E-state index contributed by atoms with van der Waals surface area (Å²) in [6, 6.07) is 15.1. The number of nitrogens with one attached hydrogen (secondary N) is 1. The van der Waals surface area contributed by atoms with Crippen LogP contribution < -0.4 is 5.48 Å². The van der Waals surface area contributed by atoms with Gasteiger partial charge in [-0.3, -0.25) is 15.0 Å². The van der Waals surface area contributed by atoms with Crippen LogP contribution in [-0.2, 0) is 6.42 Å². The quantitative estimate of drug-likeness (QED) is 0.637. The minimum absolute atomic E-state index is 0.419. The van der Waals surface area contributed by atoms with Crippen molar-refractivity contribution < 1.29 is 10.0 Å². The Bertz CT molecular complexity index is 660. The minimum Gasteiger partial charge on any atom is -0.288 e. The second kappa shape index (κ2) is 4.66. The molecule has 0 saturated carbocycles. The Labute approximate surface area is 110 Å². The second-order valence-corrected chi connectivity index (χ2v) is 4.38. The summed E-state index contributed by atoms with van der Waals surface area (Å²) in [5, 5.41) is 8.56. The first-order valence-corrected chi connectivity index (χ1v) is 5.98. The van der Waals surface area contributed by atoms with Gasteiger partial charge in [-0.15, -0.1) is 0 Å². The molecule has 2 aromatic rings. The van der Waals surface area contributed by atoms with Crippen LogP contribution in [0.25, 0.3) is 0 Å². The molecule has 0 bridgehead atoms. The molecule has 94 valence electrons. The summed E-state index contributed by atoms with van der Waals surface area (Å²) in [6.45, 7) is 0. The Morgan fingerprint density at radius 1 is 1.11 bits per heavy atom. The van der Waals surface area contributed by atoms with E-state index in [0.29, 0.717) is 5.56 Å². The van der Waals surface area contributed by atoms with E-state index in [2.05, 4.69) is 11.1 Å². The van der Waals surface area contributed by atoms with E-state index < -0.39 is 5.91 Å². The number of hydrogen-bond donors (Lipinski definition) is 2. The lowest BCUT2D eigenvalue weighted by Gasteiger charge is -2.02. The second-order valence-electron chi connectivity index (χ2n) is 4.38. The van der Waals surface area contributed by atoms with Crippen molar-refractivity contribution in [2.75, 3.05) is 0 Å². The van der Waals surface area contributed by atoms with Crippen LogP contribution in [0.3, 0.4) is 0 Å². The third-order valence-electron chi connectivity index (χ3n) is 3.19. The highest BCUT2D eigenvalue weighted by atomic mass is 16.5. The average Bonchev–Trinajstić information content (AvgIpc) is 2.90. The van der Waals surface area contributed by atoms with E-state index in [1.54, 1.807) is 17.6 Å². The molecule has 0 aliphatic carbocycles. The smallest absolute Gasteiger partial charge is 0.274 e. The Balaban J connectivity index is 1.88. The van der Waals surface area contributed by atoms with Crippen molar-refractivity contribution in [3.8, 4) is 0 Å². The fourth-order valence-corrected chi connectivity index (χ4v) is 2.18. The standard InChI is InChI=1S/C15H12N2O2/c18-15(17-19)11-7-5-10(6-8-11)14-9-12-3-1-2-4-13(12)16-14/h1-8,19H,9H2,(H,17,18). The fourth-order valence-electron chi connectivity index (χ4n) is 2.18. The molecule has 0 spiro atoms. The maximum Gasteiger partial charge on any atom is 0.274 e. The van der Waals surface area contributed by atoms with Crippen molar-refractivity contribution >= 4 is 17.3 Å². The van der Waals surface area contributed by atoms with Crippen molar-refractivity contribution in [3.05, 3.63) is 65.2 Å². The minimum atomic E-state index is -0.511. The van der Waals surface area contributed by atoms with Gasteiger partial charge in [-0.1, -0.05) is 30.3 Å². The Hall–Kier alpha value is -2.46.